The highest BCUT2D eigenvalue weighted by Gasteiger charge is 2.54. The fourth-order valence-electron chi connectivity index (χ4n) is 3.12. The molecule has 1 heterocycles. The second-order valence-corrected chi connectivity index (χ2v) is 15.6. The van der Waals surface area contributed by atoms with Crippen LogP contribution in [0, 0.1) is 17.3 Å². The minimum Gasteiger partial charge on any atom is -0.405 e. The van der Waals surface area contributed by atoms with E-state index < -0.39 is 13.9 Å². The predicted molar refractivity (Wildman–Crippen MR) is 116 cm³/mol. The van der Waals surface area contributed by atoms with Gasteiger partial charge in [0.2, 0.25) is 0 Å². The van der Waals surface area contributed by atoms with E-state index in [-0.39, 0.29) is 28.0 Å². The molecule has 0 N–H and O–H groups in total. The van der Waals surface area contributed by atoms with Gasteiger partial charge in [0.25, 0.3) is 0 Å². The summed E-state index contributed by atoms with van der Waals surface area (Å²) in [4.78, 5) is 0. The monoisotopic (exact) mass is 396 g/mol. The average Bonchev–Trinajstić information content (AvgIpc) is 3.11. The van der Waals surface area contributed by atoms with Gasteiger partial charge < -0.3 is 9.16 Å². The molecule has 1 aliphatic heterocycles. The molecule has 0 saturated carbocycles. The Hall–Kier alpha value is -0.633. The van der Waals surface area contributed by atoms with Gasteiger partial charge in [0.05, 0.1) is 11.7 Å². The van der Waals surface area contributed by atoms with Gasteiger partial charge in [-0.3, -0.25) is 0 Å². The first-order valence-corrected chi connectivity index (χ1v) is 13.0. The smallest absolute Gasteiger partial charge is 0.193 e. The van der Waals surface area contributed by atoms with Crippen molar-refractivity contribution in [3.05, 3.63) is 12.4 Å². The van der Waals surface area contributed by atoms with Crippen LogP contribution in [0.2, 0.25) is 18.1 Å². The number of ether oxygens (including phenoxy) is 1. The third-order valence-corrected chi connectivity index (χ3v) is 11.0. The first kappa shape index (κ1) is 24.4. The highest BCUT2D eigenvalue weighted by atomic mass is 28.4. The summed E-state index contributed by atoms with van der Waals surface area (Å²) in [5.41, 5.74) is -1.04. The fraction of sp³-hybridized carbons (Fsp3) is 0.826. The van der Waals surface area contributed by atoms with Crippen molar-refractivity contribution in [3.8, 4) is 11.8 Å². The number of hydrogen-bond donors (Lipinski definition) is 0. The third kappa shape index (κ3) is 6.44. The molecule has 2 nitrogen and oxygen atoms in total. The molecule has 0 aromatic carbocycles. The van der Waals surface area contributed by atoms with Gasteiger partial charge in [-0.15, -0.1) is 11.8 Å². The van der Waals surface area contributed by atoms with E-state index in [9.17, 15) is 4.39 Å². The van der Waals surface area contributed by atoms with Gasteiger partial charge in [-0.2, -0.15) is 0 Å². The lowest BCUT2D eigenvalue weighted by Gasteiger charge is -2.43. The SMILES string of the molecule is C=C(F)C(C)(CC[C@@]1(C)O[C@@H]1CC(C)(C)CC#CC)O[Si](C)(C)C(C)(C)C. The van der Waals surface area contributed by atoms with E-state index in [1.54, 1.807) is 0 Å². The van der Waals surface area contributed by atoms with Crippen LogP contribution in [0.5, 0.6) is 0 Å². The van der Waals surface area contributed by atoms with E-state index in [2.05, 4.69) is 73.1 Å². The molecule has 0 amide bonds. The number of hydrogen-bond acceptors (Lipinski definition) is 2. The van der Waals surface area contributed by atoms with Gasteiger partial charge in [-0.25, -0.2) is 4.39 Å². The molecule has 27 heavy (non-hydrogen) atoms. The van der Waals surface area contributed by atoms with Crippen LogP contribution in [0.4, 0.5) is 4.39 Å². The van der Waals surface area contributed by atoms with Gasteiger partial charge in [-0.05, 0) is 63.6 Å². The zero-order valence-electron chi connectivity index (χ0n) is 19.3. The maximum absolute atomic E-state index is 14.4. The highest BCUT2D eigenvalue weighted by molar-refractivity contribution is 6.74. The molecule has 0 bridgehead atoms. The summed E-state index contributed by atoms with van der Waals surface area (Å²) in [6, 6.07) is 0. The summed E-state index contributed by atoms with van der Waals surface area (Å²) in [5.74, 6) is 5.77. The van der Waals surface area contributed by atoms with Crippen molar-refractivity contribution in [2.75, 3.05) is 0 Å². The molecule has 156 valence electrons. The van der Waals surface area contributed by atoms with Gasteiger partial charge in [0, 0.05) is 6.42 Å². The van der Waals surface area contributed by atoms with Crippen molar-refractivity contribution in [2.24, 2.45) is 5.41 Å². The molecule has 0 aliphatic carbocycles. The second kappa shape index (κ2) is 8.01. The summed E-state index contributed by atoms with van der Waals surface area (Å²) >= 11 is 0. The van der Waals surface area contributed by atoms with E-state index >= 15 is 0 Å². The van der Waals surface area contributed by atoms with Crippen LogP contribution in [-0.4, -0.2) is 25.6 Å². The molecule has 1 fully saturated rings. The Morgan fingerprint density at radius 1 is 1.22 bits per heavy atom. The number of rotatable bonds is 9. The molecule has 0 aromatic rings. The van der Waals surface area contributed by atoms with Crippen LogP contribution in [-0.2, 0) is 9.16 Å². The average molecular weight is 397 g/mol. The van der Waals surface area contributed by atoms with Crippen molar-refractivity contribution >= 4 is 8.32 Å². The Morgan fingerprint density at radius 2 is 1.78 bits per heavy atom. The lowest BCUT2D eigenvalue weighted by molar-refractivity contribution is 0.0676. The maximum Gasteiger partial charge on any atom is 0.193 e. The van der Waals surface area contributed by atoms with E-state index in [1.165, 1.54) is 0 Å². The van der Waals surface area contributed by atoms with Crippen molar-refractivity contribution in [3.63, 3.8) is 0 Å². The van der Waals surface area contributed by atoms with Crippen molar-refractivity contribution < 1.29 is 13.6 Å². The number of halogens is 1. The van der Waals surface area contributed by atoms with Crippen LogP contribution in [0.15, 0.2) is 12.4 Å². The Morgan fingerprint density at radius 3 is 2.22 bits per heavy atom. The molecular formula is C23H41FO2Si. The predicted octanol–water partition coefficient (Wildman–Crippen LogP) is 7.02. The first-order valence-electron chi connectivity index (χ1n) is 10.1. The molecule has 1 rings (SSSR count). The molecule has 1 aliphatic rings. The molecule has 0 spiro atoms. The van der Waals surface area contributed by atoms with E-state index in [0.29, 0.717) is 6.42 Å². The summed E-state index contributed by atoms with van der Waals surface area (Å²) in [5, 5.41) is 0.0244. The molecule has 4 heteroatoms. The zero-order chi connectivity index (χ0) is 21.3. The van der Waals surface area contributed by atoms with E-state index in [0.717, 1.165) is 19.3 Å². The minimum absolute atomic E-state index is 0.0244. The Labute approximate surface area is 168 Å². The molecule has 1 unspecified atom stereocenters. The van der Waals surface area contributed by atoms with Gasteiger partial charge >= 0.3 is 0 Å². The fourth-order valence-corrected chi connectivity index (χ4v) is 4.76. The first-order chi connectivity index (χ1) is 12.0. The van der Waals surface area contributed by atoms with Gasteiger partial charge in [0.15, 0.2) is 8.32 Å². The topological polar surface area (TPSA) is 21.8 Å². The summed E-state index contributed by atoms with van der Waals surface area (Å²) in [6.45, 7) is 24.7. The van der Waals surface area contributed by atoms with Crippen LogP contribution < -0.4 is 0 Å². The Bertz CT molecular complexity index is 608. The second-order valence-electron chi connectivity index (χ2n) is 10.9. The van der Waals surface area contributed by atoms with Crippen LogP contribution in [0.1, 0.15) is 81.1 Å². The maximum atomic E-state index is 14.4. The highest BCUT2D eigenvalue weighted by Crippen LogP contribution is 2.49. The largest absolute Gasteiger partial charge is 0.405 e. The van der Waals surface area contributed by atoms with Crippen molar-refractivity contribution in [1.82, 2.24) is 0 Å². The summed E-state index contributed by atoms with van der Waals surface area (Å²) in [6.07, 6.45) is 3.39. The van der Waals surface area contributed by atoms with Crippen molar-refractivity contribution in [2.45, 2.75) is 117 Å². The van der Waals surface area contributed by atoms with Gasteiger partial charge in [0.1, 0.15) is 11.4 Å². The standard InChI is InChI=1S/C23H41FO2Si/c1-12-13-14-21(6,7)17-19-23(9,25-19)16-15-22(8,18(2)24)26-27(10,11)20(3,4)5/h19H,2,14-17H2,1,3-11H3/t19-,22?,23-/m1/s1. The van der Waals surface area contributed by atoms with Crippen molar-refractivity contribution in [1.29, 1.82) is 0 Å². The van der Waals surface area contributed by atoms with E-state index in [1.807, 2.05) is 13.8 Å². The number of epoxide rings is 1. The lowest BCUT2D eigenvalue weighted by atomic mass is 9.81. The van der Waals surface area contributed by atoms with Crippen LogP contribution in [0.3, 0.4) is 0 Å². The molecule has 0 radical (unpaired) electrons. The lowest BCUT2D eigenvalue weighted by Crippen LogP contribution is -2.49. The Balaban J connectivity index is 2.75. The van der Waals surface area contributed by atoms with Crippen LogP contribution in [0.25, 0.3) is 0 Å². The quantitative estimate of drug-likeness (QED) is 0.237. The minimum atomic E-state index is -2.11. The third-order valence-electron chi connectivity index (χ3n) is 6.48. The summed E-state index contributed by atoms with van der Waals surface area (Å²) in [7, 11) is -2.11. The summed E-state index contributed by atoms with van der Waals surface area (Å²) < 4.78 is 26.9. The van der Waals surface area contributed by atoms with Crippen LogP contribution >= 0.6 is 0 Å². The van der Waals surface area contributed by atoms with E-state index in [4.69, 9.17) is 9.16 Å². The normalized spacial score (nSPS) is 25.4. The molecule has 0 aromatic heterocycles. The molecule has 3 atom stereocenters. The molecule has 1 saturated heterocycles. The Kier molecular flexibility index (Phi) is 7.24. The molecular weight excluding hydrogens is 355 g/mol. The zero-order valence-corrected chi connectivity index (χ0v) is 20.3. The van der Waals surface area contributed by atoms with Gasteiger partial charge in [-0.1, -0.05) is 41.2 Å².